The fourth-order valence-corrected chi connectivity index (χ4v) is 4.67. The van der Waals surface area contributed by atoms with Crippen LogP contribution < -0.4 is 14.8 Å². The van der Waals surface area contributed by atoms with Gasteiger partial charge in [-0.3, -0.25) is 4.79 Å². The molecule has 10 heteroatoms. The van der Waals surface area contributed by atoms with Gasteiger partial charge in [0, 0.05) is 6.07 Å². The van der Waals surface area contributed by atoms with E-state index in [1.807, 2.05) is 36.6 Å². The number of halogens is 1. The van der Waals surface area contributed by atoms with Crippen LogP contribution in [0.3, 0.4) is 0 Å². The molecule has 0 saturated carbocycles. The van der Waals surface area contributed by atoms with Gasteiger partial charge in [-0.05, 0) is 42.2 Å². The molecular formula is C23H24FN3O4S2. The first kappa shape index (κ1) is 24.7. The zero-order chi connectivity index (χ0) is 23.7. The van der Waals surface area contributed by atoms with Crippen molar-refractivity contribution in [2.24, 2.45) is 0 Å². The summed E-state index contributed by atoms with van der Waals surface area (Å²) in [6.45, 7) is 0.355. The molecule has 3 rings (SSSR count). The van der Waals surface area contributed by atoms with Crippen molar-refractivity contribution in [1.29, 1.82) is 0 Å². The highest BCUT2D eigenvalue weighted by atomic mass is 32.2. The first-order valence-electron chi connectivity index (χ1n) is 10.1. The molecule has 174 valence electrons. The number of anilines is 1. The Labute approximate surface area is 196 Å². The molecule has 2 N–H and O–H groups in total. The summed E-state index contributed by atoms with van der Waals surface area (Å²) in [7, 11) is -4.23. The Hall–Kier alpha value is -2.95. The number of ether oxygens (including phenoxy) is 1. The van der Waals surface area contributed by atoms with Gasteiger partial charge >= 0.3 is 0 Å². The summed E-state index contributed by atoms with van der Waals surface area (Å²) in [5, 5.41) is 2.65. The van der Waals surface area contributed by atoms with E-state index in [1.54, 1.807) is 12.1 Å². The van der Waals surface area contributed by atoms with E-state index in [0.29, 0.717) is 23.9 Å². The largest absolute Gasteiger partial charge is 0.473 e. The molecule has 0 spiro atoms. The Bertz CT molecular complexity index is 1160. The lowest BCUT2D eigenvalue weighted by Gasteiger charge is -2.18. The third kappa shape index (κ3) is 7.28. The number of hydrogen-bond acceptors (Lipinski definition) is 6. The Morgan fingerprint density at radius 3 is 2.48 bits per heavy atom. The summed E-state index contributed by atoms with van der Waals surface area (Å²) in [5.74, 6) is -0.536. The maximum Gasteiger partial charge on any atom is 0.244 e. The van der Waals surface area contributed by atoms with Crippen molar-refractivity contribution in [3.63, 3.8) is 0 Å². The van der Waals surface area contributed by atoms with E-state index < -0.39 is 32.7 Å². The van der Waals surface area contributed by atoms with Gasteiger partial charge in [-0.25, -0.2) is 17.8 Å². The van der Waals surface area contributed by atoms with Crippen LogP contribution in [0.4, 0.5) is 10.1 Å². The molecule has 1 unspecified atom stereocenters. The van der Waals surface area contributed by atoms with Crippen molar-refractivity contribution in [2.75, 3.05) is 17.3 Å². The summed E-state index contributed by atoms with van der Waals surface area (Å²) < 4.78 is 47.2. The highest BCUT2D eigenvalue weighted by Gasteiger charge is 2.27. The number of nitrogens with one attached hydrogen (secondary N) is 2. The molecule has 3 aromatic rings. The van der Waals surface area contributed by atoms with Crippen molar-refractivity contribution in [3.8, 4) is 5.88 Å². The van der Waals surface area contributed by atoms with Crippen molar-refractivity contribution < 1.29 is 22.3 Å². The number of carbonyl (C=O) groups is 1. The number of nitrogens with zero attached hydrogens (tertiary/aromatic N) is 1. The quantitative estimate of drug-likeness (QED) is 0.425. The van der Waals surface area contributed by atoms with Gasteiger partial charge in [0.05, 0.1) is 11.9 Å². The van der Waals surface area contributed by atoms with Crippen LogP contribution in [0.1, 0.15) is 12.0 Å². The number of aromatic nitrogens is 1. The molecule has 0 fully saturated rings. The molecule has 0 bridgehead atoms. The smallest absolute Gasteiger partial charge is 0.244 e. The van der Waals surface area contributed by atoms with Crippen molar-refractivity contribution >= 4 is 33.4 Å². The van der Waals surface area contributed by atoms with Gasteiger partial charge in [0.2, 0.25) is 21.8 Å². The molecule has 1 heterocycles. The minimum atomic E-state index is -4.23. The van der Waals surface area contributed by atoms with Crippen LogP contribution in [0.15, 0.2) is 77.8 Å². The van der Waals surface area contributed by atoms with Gasteiger partial charge in [-0.15, -0.1) is 0 Å². The monoisotopic (exact) mass is 489 g/mol. The maximum atomic E-state index is 14.0. The van der Waals surface area contributed by atoms with Crippen LogP contribution in [0.5, 0.6) is 5.88 Å². The number of thioether (sulfide) groups is 1. The van der Waals surface area contributed by atoms with Gasteiger partial charge in [-0.2, -0.15) is 16.5 Å². The zero-order valence-corrected chi connectivity index (χ0v) is 19.5. The standard InChI is InChI=1S/C23H24FN3O4S2/c1-32-14-13-20(27-33(29,30)21-10-6-5-9-19(21)24)23(28)26-18-11-12-22(25-15-18)31-16-17-7-3-2-4-8-17/h2-12,15,20,27H,13-14,16H2,1H3,(H,26,28). The highest BCUT2D eigenvalue weighted by Crippen LogP contribution is 2.17. The predicted octanol–water partition coefficient (Wildman–Crippen LogP) is 3.84. The van der Waals surface area contributed by atoms with E-state index >= 15 is 0 Å². The highest BCUT2D eigenvalue weighted by molar-refractivity contribution is 7.98. The van der Waals surface area contributed by atoms with Gasteiger partial charge in [0.25, 0.3) is 0 Å². The first-order valence-corrected chi connectivity index (χ1v) is 13.0. The number of pyridine rings is 1. The number of benzene rings is 2. The average Bonchev–Trinajstić information content (AvgIpc) is 2.82. The molecule has 33 heavy (non-hydrogen) atoms. The Balaban J connectivity index is 1.65. The molecular weight excluding hydrogens is 465 g/mol. The lowest BCUT2D eigenvalue weighted by Crippen LogP contribution is -2.44. The summed E-state index contributed by atoms with van der Waals surface area (Å²) in [6.07, 6.45) is 3.50. The Morgan fingerprint density at radius 2 is 1.82 bits per heavy atom. The van der Waals surface area contributed by atoms with Gasteiger partial charge in [0.15, 0.2) is 0 Å². The minimum absolute atomic E-state index is 0.229. The Morgan fingerprint density at radius 1 is 1.09 bits per heavy atom. The van der Waals surface area contributed by atoms with E-state index in [4.69, 9.17) is 4.74 Å². The second-order valence-electron chi connectivity index (χ2n) is 7.03. The SMILES string of the molecule is CSCCC(NS(=O)(=O)c1ccccc1F)C(=O)Nc1ccc(OCc2ccccc2)nc1. The summed E-state index contributed by atoms with van der Waals surface area (Å²) in [4.78, 5) is 16.5. The van der Waals surface area contributed by atoms with E-state index in [0.717, 1.165) is 17.7 Å². The lowest BCUT2D eigenvalue weighted by atomic mass is 10.2. The molecule has 0 aliphatic carbocycles. The average molecular weight is 490 g/mol. The molecule has 0 saturated heterocycles. The molecule has 1 amide bonds. The molecule has 2 aromatic carbocycles. The minimum Gasteiger partial charge on any atom is -0.473 e. The predicted molar refractivity (Wildman–Crippen MR) is 127 cm³/mol. The molecule has 1 atom stereocenters. The first-order chi connectivity index (χ1) is 15.9. The molecule has 0 aliphatic heterocycles. The van der Waals surface area contributed by atoms with E-state index in [-0.39, 0.29) is 6.42 Å². The van der Waals surface area contributed by atoms with Gasteiger partial charge < -0.3 is 10.1 Å². The molecule has 0 aliphatic rings. The molecule has 1 aromatic heterocycles. The lowest BCUT2D eigenvalue weighted by molar-refractivity contribution is -0.117. The third-order valence-corrected chi connectivity index (χ3v) is 6.73. The Kier molecular flexibility index (Phi) is 8.81. The fraction of sp³-hybridized carbons (Fsp3) is 0.217. The second kappa shape index (κ2) is 11.8. The van der Waals surface area contributed by atoms with Crippen molar-refractivity contribution in [3.05, 3.63) is 84.3 Å². The second-order valence-corrected chi connectivity index (χ2v) is 9.70. The van der Waals surface area contributed by atoms with Crippen LogP contribution in [-0.2, 0) is 21.4 Å². The number of rotatable bonds is 11. The van der Waals surface area contributed by atoms with Crippen LogP contribution in [-0.4, -0.2) is 37.4 Å². The third-order valence-electron chi connectivity index (χ3n) is 4.58. The summed E-state index contributed by atoms with van der Waals surface area (Å²) in [6, 6.07) is 16.8. The normalized spacial score (nSPS) is 12.2. The zero-order valence-electron chi connectivity index (χ0n) is 17.9. The van der Waals surface area contributed by atoms with E-state index in [9.17, 15) is 17.6 Å². The van der Waals surface area contributed by atoms with Crippen LogP contribution in [0.25, 0.3) is 0 Å². The number of hydrogen-bond donors (Lipinski definition) is 2. The number of sulfonamides is 1. The number of carbonyl (C=O) groups excluding carboxylic acids is 1. The van der Waals surface area contributed by atoms with E-state index in [1.165, 1.54) is 30.1 Å². The number of amides is 1. The van der Waals surface area contributed by atoms with Crippen LogP contribution >= 0.6 is 11.8 Å². The molecule has 0 radical (unpaired) electrons. The van der Waals surface area contributed by atoms with Crippen LogP contribution in [0.2, 0.25) is 0 Å². The van der Waals surface area contributed by atoms with Crippen molar-refractivity contribution in [2.45, 2.75) is 24.0 Å². The van der Waals surface area contributed by atoms with E-state index in [2.05, 4.69) is 15.0 Å². The van der Waals surface area contributed by atoms with Crippen molar-refractivity contribution in [1.82, 2.24) is 9.71 Å². The van der Waals surface area contributed by atoms with Gasteiger partial charge in [-0.1, -0.05) is 42.5 Å². The van der Waals surface area contributed by atoms with Gasteiger partial charge in [0.1, 0.15) is 23.4 Å². The molecule has 7 nitrogen and oxygen atoms in total. The maximum absolute atomic E-state index is 14.0. The summed E-state index contributed by atoms with van der Waals surface area (Å²) >= 11 is 1.47. The van der Waals surface area contributed by atoms with Crippen LogP contribution in [0, 0.1) is 5.82 Å². The fourth-order valence-electron chi connectivity index (χ4n) is 2.89. The summed E-state index contributed by atoms with van der Waals surface area (Å²) in [5.41, 5.74) is 1.38. The topological polar surface area (TPSA) is 97.4 Å².